The minimum absolute atomic E-state index is 0.0479. The number of carbonyl (C=O) groups excluding carboxylic acids is 2. The number of halogens is 2. The fourth-order valence-corrected chi connectivity index (χ4v) is 7.09. The van der Waals surface area contributed by atoms with Crippen molar-refractivity contribution in [3.63, 3.8) is 0 Å². The Morgan fingerprint density at radius 2 is 1.64 bits per heavy atom. The highest BCUT2D eigenvalue weighted by Crippen LogP contribution is 2.26. The van der Waals surface area contributed by atoms with Crippen LogP contribution in [0.15, 0.2) is 72.8 Å². The normalized spacial score (nSPS) is 14.3. The largest absolute Gasteiger partial charge is 0.352 e. The van der Waals surface area contributed by atoms with E-state index in [2.05, 4.69) is 5.32 Å². The summed E-state index contributed by atoms with van der Waals surface area (Å²) in [5.74, 6) is -0.457. The van der Waals surface area contributed by atoms with Gasteiger partial charge in [0.15, 0.2) is 0 Å². The number of aryl methyl sites for hydroxylation is 1. The van der Waals surface area contributed by atoms with Crippen LogP contribution in [0.5, 0.6) is 0 Å². The van der Waals surface area contributed by atoms with Gasteiger partial charge in [-0.05, 0) is 66.6 Å². The molecule has 3 aromatic carbocycles. The van der Waals surface area contributed by atoms with Crippen molar-refractivity contribution in [2.24, 2.45) is 0 Å². The summed E-state index contributed by atoms with van der Waals surface area (Å²) in [5.41, 5.74) is 3.26. The van der Waals surface area contributed by atoms with Crippen molar-refractivity contribution in [3.8, 4) is 0 Å². The molecule has 0 spiro atoms. The first kappa shape index (κ1) is 33.8. The number of hydrogen-bond acceptors (Lipinski definition) is 4. The molecule has 1 aliphatic rings. The number of benzene rings is 3. The molecule has 236 valence electrons. The average Bonchev–Trinajstić information content (AvgIpc) is 3.51. The second-order valence-corrected chi connectivity index (χ2v) is 14.2. The van der Waals surface area contributed by atoms with Crippen molar-refractivity contribution in [3.05, 3.63) is 99.5 Å². The molecule has 0 heterocycles. The standard InChI is InChI=1S/C34H41Cl2N3O4S/c1-3-25-15-19-30(20-16-25)39(44(2,42)43)21-9-14-33(40)38(24-27-17-18-28(35)23-31(27)36)32(22-26-10-5-4-6-11-26)34(41)37-29-12-7-8-13-29/h4-6,10-11,15-20,23,29,32H,3,7-9,12-14,21-22,24H2,1-2H3,(H,37,41)/t32-/m0/s1. The molecule has 3 aromatic rings. The number of nitrogens with zero attached hydrogens (tertiary/aromatic N) is 2. The Hall–Kier alpha value is -3.07. The quantitative estimate of drug-likeness (QED) is 0.207. The number of carbonyl (C=O) groups is 2. The SMILES string of the molecule is CCc1ccc(N(CCCC(=O)N(Cc2ccc(Cl)cc2Cl)[C@@H](Cc2ccccc2)C(=O)NC2CCCC2)S(C)(=O)=O)cc1. The van der Waals surface area contributed by atoms with Gasteiger partial charge in [0.1, 0.15) is 6.04 Å². The van der Waals surface area contributed by atoms with E-state index in [1.807, 2.05) is 49.4 Å². The van der Waals surface area contributed by atoms with Crippen LogP contribution >= 0.6 is 23.2 Å². The number of nitrogens with one attached hydrogen (secondary N) is 1. The first-order valence-corrected chi connectivity index (χ1v) is 17.8. The summed E-state index contributed by atoms with van der Waals surface area (Å²) in [5, 5.41) is 4.08. The van der Waals surface area contributed by atoms with Gasteiger partial charge in [0.05, 0.1) is 11.9 Å². The van der Waals surface area contributed by atoms with Gasteiger partial charge in [-0.15, -0.1) is 0 Å². The molecule has 0 radical (unpaired) electrons. The van der Waals surface area contributed by atoms with E-state index in [-0.39, 0.29) is 43.8 Å². The number of sulfonamides is 1. The Morgan fingerprint density at radius 1 is 0.955 bits per heavy atom. The maximum atomic E-state index is 14.1. The fourth-order valence-electron chi connectivity index (χ4n) is 5.66. The molecule has 1 fully saturated rings. The highest BCUT2D eigenvalue weighted by atomic mass is 35.5. The van der Waals surface area contributed by atoms with E-state index < -0.39 is 16.1 Å². The van der Waals surface area contributed by atoms with Crippen LogP contribution in [-0.4, -0.2) is 50.0 Å². The Labute approximate surface area is 271 Å². The van der Waals surface area contributed by atoms with Crippen LogP contribution in [-0.2, 0) is 39.0 Å². The number of hydrogen-bond donors (Lipinski definition) is 1. The molecule has 2 amide bonds. The van der Waals surface area contributed by atoms with Crippen LogP contribution < -0.4 is 9.62 Å². The van der Waals surface area contributed by atoms with Crippen molar-refractivity contribution < 1.29 is 18.0 Å². The molecule has 1 atom stereocenters. The summed E-state index contributed by atoms with van der Waals surface area (Å²) in [4.78, 5) is 29.5. The third-order valence-corrected chi connectivity index (χ3v) is 9.89. The summed E-state index contributed by atoms with van der Waals surface area (Å²) in [7, 11) is -3.58. The van der Waals surface area contributed by atoms with Crippen molar-refractivity contribution >= 4 is 50.7 Å². The number of anilines is 1. The third kappa shape index (κ3) is 9.46. The molecule has 1 saturated carbocycles. The molecule has 7 nitrogen and oxygen atoms in total. The lowest BCUT2D eigenvalue weighted by molar-refractivity contribution is -0.141. The minimum Gasteiger partial charge on any atom is -0.352 e. The van der Waals surface area contributed by atoms with Crippen LogP contribution in [0, 0.1) is 0 Å². The van der Waals surface area contributed by atoms with Gasteiger partial charge in [-0.2, -0.15) is 0 Å². The maximum Gasteiger partial charge on any atom is 0.243 e. The van der Waals surface area contributed by atoms with Crippen molar-refractivity contribution in [2.75, 3.05) is 17.1 Å². The fraction of sp³-hybridized carbons (Fsp3) is 0.412. The summed E-state index contributed by atoms with van der Waals surface area (Å²) in [6, 6.07) is 21.4. The Balaban J connectivity index is 1.60. The lowest BCUT2D eigenvalue weighted by Crippen LogP contribution is -2.52. The zero-order valence-electron chi connectivity index (χ0n) is 25.3. The Bertz CT molecular complexity index is 1510. The van der Waals surface area contributed by atoms with Gasteiger partial charge in [0, 0.05) is 42.0 Å². The van der Waals surface area contributed by atoms with Crippen LogP contribution in [0.3, 0.4) is 0 Å². The predicted octanol–water partition coefficient (Wildman–Crippen LogP) is 6.80. The number of amides is 2. The number of rotatable bonds is 14. The van der Waals surface area contributed by atoms with Crippen LogP contribution in [0.1, 0.15) is 62.1 Å². The molecule has 10 heteroatoms. The van der Waals surface area contributed by atoms with Crippen LogP contribution in [0.25, 0.3) is 0 Å². The Morgan fingerprint density at radius 3 is 2.25 bits per heavy atom. The zero-order chi connectivity index (χ0) is 31.7. The lowest BCUT2D eigenvalue weighted by atomic mass is 10.0. The second kappa shape index (κ2) is 15.8. The highest BCUT2D eigenvalue weighted by molar-refractivity contribution is 7.92. The summed E-state index contributed by atoms with van der Waals surface area (Å²) in [6.07, 6.45) is 6.63. The van der Waals surface area contributed by atoms with E-state index in [1.165, 1.54) is 10.6 Å². The highest BCUT2D eigenvalue weighted by Gasteiger charge is 2.32. The van der Waals surface area contributed by atoms with Gasteiger partial charge in [0.25, 0.3) is 0 Å². The molecule has 0 aliphatic heterocycles. The van der Waals surface area contributed by atoms with Gasteiger partial charge in [-0.3, -0.25) is 13.9 Å². The van der Waals surface area contributed by atoms with Gasteiger partial charge in [-0.1, -0.05) is 91.5 Å². The predicted molar refractivity (Wildman–Crippen MR) is 179 cm³/mol. The molecule has 0 unspecified atom stereocenters. The van der Waals surface area contributed by atoms with Crippen molar-refractivity contribution in [2.45, 2.75) is 76.9 Å². The van der Waals surface area contributed by atoms with Crippen LogP contribution in [0.2, 0.25) is 10.0 Å². The topological polar surface area (TPSA) is 86.8 Å². The van der Waals surface area contributed by atoms with Gasteiger partial charge < -0.3 is 10.2 Å². The molecule has 0 bridgehead atoms. The van der Waals surface area contributed by atoms with E-state index in [0.29, 0.717) is 27.7 Å². The summed E-state index contributed by atoms with van der Waals surface area (Å²) >= 11 is 12.7. The zero-order valence-corrected chi connectivity index (χ0v) is 27.7. The molecular weight excluding hydrogens is 617 g/mol. The van der Waals surface area contributed by atoms with Gasteiger partial charge >= 0.3 is 0 Å². The van der Waals surface area contributed by atoms with Gasteiger partial charge in [0.2, 0.25) is 21.8 Å². The van der Waals surface area contributed by atoms with E-state index in [1.54, 1.807) is 35.2 Å². The van der Waals surface area contributed by atoms with Crippen molar-refractivity contribution in [1.29, 1.82) is 0 Å². The first-order chi connectivity index (χ1) is 21.0. The molecular formula is C34H41Cl2N3O4S. The minimum atomic E-state index is -3.58. The monoisotopic (exact) mass is 657 g/mol. The van der Waals surface area contributed by atoms with E-state index in [4.69, 9.17) is 23.2 Å². The molecule has 44 heavy (non-hydrogen) atoms. The maximum absolute atomic E-state index is 14.1. The molecule has 1 N–H and O–H groups in total. The smallest absolute Gasteiger partial charge is 0.243 e. The summed E-state index contributed by atoms with van der Waals surface area (Å²) < 4.78 is 26.8. The Kier molecular flexibility index (Phi) is 12.1. The lowest BCUT2D eigenvalue weighted by Gasteiger charge is -2.33. The molecule has 4 rings (SSSR count). The van der Waals surface area contributed by atoms with Crippen molar-refractivity contribution in [1.82, 2.24) is 10.2 Å². The summed E-state index contributed by atoms with van der Waals surface area (Å²) in [6.45, 7) is 2.28. The molecule has 0 aromatic heterocycles. The molecule has 1 aliphatic carbocycles. The first-order valence-electron chi connectivity index (χ1n) is 15.2. The second-order valence-electron chi connectivity index (χ2n) is 11.4. The van der Waals surface area contributed by atoms with E-state index in [0.717, 1.165) is 43.2 Å². The van der Waals surface area contributed by atoms with Gasteiger partial charge in [-0.25, -0.2) is 8.42 Å². The van der Waals surface area contributed by atoms with E-state index >= 15 is 0 Å². The van der Waals surface area contributed by atoms with E-state index in [9.17, 15) is 18.0 Å². The molecule has 0 saturated heterocycles. The third-order valence-electron chi connectivity index (χ3n) is 8.11. The van der Waals surface area contributed by atoms with Crippen LogP contribution in [0.4, 0.5) is 5.69 Å². The average molecular weight is 659 g/mol.